The topological polar surface area (TPSA) is 49.3 Å². The lowest BCUT2D eigenvalue weighted by molar-refractivity contribution is -0.137. The molecule has 2 aromatic carbocycles. The van der Waals surface area contributed by atoms with Gasteiger partial charge in [-0.2, -0.15) is 13.2 Å². The molecule has 2 rings (SSSR count). The van der Waals surface area contributed by atoms with Crippen molar-refractivity contribution in [3.63, 3.8) is 0 Å². The average molecular weight is 442 g/mol. The molecule has 0 aliphatic heterocycles. The summed E-state index contributed by atoms with van der Waals surface area (Å²) in [6, 6.07) is 5.84. The van der Waals surface area contributed by atoms with E-state index in [2.05, 4.69) is 5.32 Å². The minimum absolute atomic E-state index is 0.0356. The van der Waals surface area contributed by atoms with Gasteiger partial charge in [0.1, 0.15) is 0 Å². The van der Waals surface area contributed by atoms with Gasteiger partial charge in [0.2, 0.25) is 0 Å². The maximum atomic E-state index is 14.2. The summed E-state index contributed by atoms with van der Waals surface area (Å²) in [4.78, 5) is 12.3. The highest BCUT2D eigenvalue weighted by molar-refractivity contribution is 6.32. The first-order valence-corrected chi connectivity index (χ1v) is 8.68. The number of benzene rings is 2. The second-order valence-corrected chi connectivity index (χ2v) is 6.69. The lowest BCUT2D eigenvalue weighted by Crippen LogP contribution is -2.18. The molecule has 2 N–H and O–H groups in total. The first-order chi connectivity index (χ1) is 13.0. The molecule has 0 aliphatic rings. The van der Waals surface area contributed by atoms with Crippen LogP contribution in [0.3, 0.4) is 0 Å². The molecule has 0 aliphatic carbocycles. The quantitative estimate of drug-likeness (QED) is 0.529. The van der Waals surface area contributed by atoms with E-state index in [-0.39, 0.29) is 22.7 Å². The molecule has 1 amide bonds. The highest BCUT2D eigenvalue weighted by Crippen LogP contribution is 2.38. The Hall–Kier alpha value is -1.90. The van der Waals surface area contributed by atoms with E-state index in [4.69, 9.17) is 28.3 Å². The standard InChI is InChI=1S/C18H14Cl2F5NO2/c19-14-5-2-10(8-13(14)17(21,22)6-1-7-27)16(28)26-11-3-4-12(15(20)9-11)18(23,24)25/h2-5,8-9,27H,1,6-7H2,(H,26,28). The van der Waals surface area contributed by atoms with Gasteiger partial charge in [0.25, 0.3) is 11.8 Å². The van der Waals surface area contributed by atoms with Gasteiger partial charge in [0, 0.05) is 34.9 Å². The SMILES string of the molecule is O=C(Nc1ccc(C(F)(F)F)c(Cl)c1)c1ccc(Cl)c(C(F)(F)CCCO)c1. The van der Waals surface area contributed by atoms with Crippen LogP contribution in [0.2, 0.25) is 10.0 Å². The van der Waals surface area contributed by atoms with E-state index < -0.39 is 47.2 Å². The first-order valence-electron chi connectivity index (χ1n) is 7.92. The first kappa shape index (κ1) is 22.4. The average Bonchev–Trinajstić information content (AvgIpc) is 2.59. The number of aliphatic hydroxyl groups excluding tert-OH is 1. The molecular formula is C18H14Cl2F5NO2. The van der Waals surface area contributed by atoms with Gasteiger partial charge in [-0.15, -0.1) is 0 Å². The Bertz CT molecular complexity index is 872. The monoisotopic (exact) mass is 441 g/mol. The van der Waals surface area contributed by atoms with Crippen LogP contribution in [0, 0.1) is 0 Å². The summed E-state index contributed by atoms with van der Waals surface area (Å²) < 4.78 is 66.6. The van der Waals surface area contributed by atoms with Gasteiger partial charge in [-0.25, -0.2) is 8.78 Å². The van der Waals surface area contributed by atoms with Gasteiger partial charge >= 0.3 is 6.18 Å². The third-order valence-electron chi connectivity index (χ3n) is 3.80. The number of carbonyl (C=O) groups is 1. The van der Waals surface area contributed by atoms with Crippen LogP contribution in [-0.2, 0) is 12.1 Å². The molecule has 0 saturated heterocycles. The van der Waals surface area contributed by atoms with E-state index in [1.807, 2.05) is 0 Å². The Kier molecular flexibility index (Phi) is 6.90. The molecule has 2 aromatic rings. The Balaban J connectivity index is 2.26. The summed E-state index contributed by atoms with van der Waals surface area (Å²) in [5.41, 5.74) is -1.85. The number of aliphatic hydroxyl groups is 1. The van der Waals surface area contributed by atoms with Crippen LogP contribution < -0.4 is 5.32 Å². The second-order valence-electron chi connectivity index (χ2n) is 5.87. The van der Waals surface area contributed by atoms with Gasteiger partial charge < -0.3 is 10.4 Å². The highest BCUT2D eigenvalue weighted by Gasteiger charge is 2.34. The van der Waals surface area contributed by atoms with Crippen molar-refractivity contribution in [2.24, 2.45) is 0 Å². The predicted molar refractivity (Wildman–Crippen MR) is 96.1 cm³/mol. The van der Waals surface area contributed by atoms with Crippen LogP contribution in [-0.4, -0.2) is 17.6 Å². The van der Waals surface area contributed by atoms with E-state index >= 15 is 0 Å². The van der Waals surface area contributed by atoms with Crippen molar-refractivity contribution < 1.29 is 31.9 Å². The van der Waals surface area contributed by atoms with Crippen LogP contribution in [0.1, 0.15) is 34.3 Å². The summed E-state index contributed by atoms with van der Waals surface area (Å²) in [7, 11) is 0. The molecule has 0 heterocycles. The summed E-state index contributed by atoms with van der Waals surface area (Å²) in [6.45, 7) is -0.429. The number of rotatable bonds is 6. The molecule has 0 bridgehead atoms. The largest absolute Gasteiger partial charge is 0.417 e. The third kappa shape index (κ3) is 5.33. The Morgan fingerprint density at radius 2 is 1.64 bits per heavy atom. The Morgan fingerprint density at radius 3 is 2.21 bits per heavy atom. The van der Waals surface area contributed by atoms with Crippen LogP contribution >= 0.6 is 23.2 Å². The summed E-state index contributed by atoms with van der Waals surface area (Å²) in [5.74, 6) is -4.19. The summed E-state index contributed by atoms with van der Waals surface area (Å²) in [6.07, 6.45) is -5.47. The minimum atomic E-state index is -4.65. The van der Waals surface area contributed by atoms with E-state index in [0.29, 0.717) is 6.07 Å². The van der Waals surface area contributed by atoms with Crippen molar-refractivity contribution in [3.8, 4) is 0 Å². The molecule has 0 atom stereocenters. The van der Waals surface area contributed by atoms with Gasteiger partial charge in [0.05, 0.1) is 10.6 Å². The number of hydrogen-bond acceptors (Lipinski definition) is 2. The number of alkyl halides is 5. The third-order valence-corrected chi connectivity index (χ3v) is 4.45. The van der Waals surface area contributed by atoms with Crippen LogP contribution in [0.15, 0.2) is 36.4 Å². The zero-order valence-electron chi connectivity index (χ0n) is 14.1. The fraction of sp³-hybridized carbons (Fsp3) is 0.278. The van der Waals surface area contributed by atoms with E-state index in [9.17, 15) is 26.7 Å². The number of amides is 1. The molecule has 10 heteroatoms. The second kappa shape index (κ2) is 8.63. The predicted octanol–water partition coefficient (Wildman–Crippen LogP) is 6.13. The van der Waals surface area contributed by atoms with Gasteiger partial charge in [0.15, 0.2) is 0 Å². The molecule has 152 valence electrons. The van der Waals surface area contributed by atoms with E-state index in [1.165, 1.54) is 6.07 Å². The van der Waals surface area contributed by atoms with Crippen LogP contribution in [0.5, 0.6) is 0 Å². The van der Waals surface area contributed by atoms with Crippen molar-refractivity contribution in [2.75, 3.05) is 11.9 Å². The van der Waals surface area contributed by atoms with Crippen molar-refractivity contribution in [1.82, 2.24) is 0 Å². The molecule has 3 nitrogen and oxygen atoms in total. The zero-order valence-corrected chi connectivity index (χ0v) is 15.6. The summed E-state index contributed by atoms with van der Waals surface area (Å²) in [5, 5.41) is 10.2. The number of nitrogens with one attached hydrogen (secondary N) is 1. The van der Waals surface area contributed by atoms with Crippen molar-refractivity contribution in [2.45, 2.75) is 24.9 Å². The van der Waals surface area contributed by atoms with Gasteiger partial charge in [-0.05, 0) is 42.8 Å². The fourth-order valence-electron chi connectivity index (χ4n) is 2.41. The molecule has 0 radical (unpaired) electrons. The van der Waals surface area contributed by atoms with Crippen molar-refractivity contribution in [3.05, 3.63) is 63.1 Å². The van der Waals surface area contributed by atoms with Crippen LogP contribution in [0.4, 0.5) is 27.6 Å². The lowest BCUT2D eigenvalue weighted by Gasteiger charge is -2.18. The van der Waals surface area contributed by atoms with Crippen molar-refractivity contribution >= 4 is 34.8 Å². The highest BCUT2D eigenvalue weighted by atomic mass is 35.5. The van der Waals surface area contributed by atoms with Gasteiger partial charge in [-0.1, -0.05) is 23.2 Å². The lowest BCUT2D eigenvalue weighted by atomic mass is 10.0. The normalized spacial score (nSPS) is 12.1. The Morgan fingerprint density at radius 1 is 0.964 bits per heavy atom. The number of carbonyl (C=O) groups excluding carboxylic acids is 1. The molecule has 0 fully saturated rings. The fourth-order valence-corrected chi connectivity index (χ4v) is 2.95. The molecule has 0 spiro atoms. The number of halogens is 7. The van der Waals surface area contributed by atoms with E-state index in [1.54, 1.807) is 0 Å². The minimum Gasteiger partial charge on any atom is -0.396 e. The number of anilines is 1. The number of hydrogen-bond donors (Lipinski definition) is 2. The Labute approximate surface area is 167 Å². The zero-order chi connectivity index (χ0) is 21.1. The molecule has 0 saturated carbocycles. The molecule has 28 heavy (non-hydrogen) atoms. The maximum Gasteiger partial charge on any atom is 0.417 e. The van der Waals surface area contributed by atoms with Crippen LogP contribution in [0.25, 0.3) is 0 Å². The molecule has 0 unspecified atom stereocenters. The smallest absolute Gasteiger partial charge is 0.396 e. The summed E-state index contributed by atoms with van der Waals surface area (Å²) >= 11 is 11.4. The molecule has 0 aromatic heterocycles. The molecular weight excluding hydrogens is 428 g/mol. The van der Waals surface area contributed by atoms with Crippen molar-refractivity contribution in [1.29, 1.82) is 0 Å². The maximum absolute atomic E-state index is 14.2. The van der Waals surface area contributed by atoms with Gasteiger partial charge in [-0.3, -0.25) is 4.79 Å². The van der Waals surface area contributed by atoms with E-state index in [0.717, 1.165) is 24.3 Å².